The molecule has 0 aromatic rings. The Labute approximate surface area is 96.8 Å². The Bertz CT molecular complexity index is 303. The van der Waals surface area contributed by atoms with Crippen molar-refractivity contribution < 1.29 is 13.2 Å². The number of carbonyl (C=O) groups is 1. The molecule has 96 valence electrons. The first-order chi connectivity index (χ1) is 7.35. The second-order valence-corrected chi connectivity index (χ2v) is 5.67. The lowest BCUT2D eigenvalue weighted by Gasteiger charge is -2.09. The van der Waals surface area contributed by atoms with E-state index in [4.69, 9.17) is 10.9 Å². The first-order valence-corrected chi connectivity index (χ1v) is 7.04. The molecule has 0 rings (SSSR count). The van der Waals surface area contributed by atoms with Gasteiger partial charge in [-0.1, -0.05) is 6.92 Å². The lowest BCUT2D eigenvalue weighted by molar-refractivity contribution is -0.121. The van der Waals surface area contributed by atoms with Crippen LogP contribution in [-0.2, 0) is 14.8 Å². The van der Waals surface area contributed by atoms with Gasteiger partial charge in [-0.05, 0) is 25.3 Å². The Balaban J connectivity index is 3.60. The van der Waals surface area contributed by atoms with E-state index in [2.05, 4.69) is 5.32 Å². The molecule has 0 aliphatic heterocycles. The molecule has 6 nitrogen and oxygen atoms in total. The van der Waals surface area contributed by atoms with E-state index >= 15 is 0 Å². The van der Waals surface area contributed by atoms with Crippen LogP contribution in [-0.4, -0.2) is 33.2 Å². The molecule has 0 saturated carbocycles. The van der Waals surface area contributed by atoms with Crippen molar-refractivity contribution in [2.24, 2.45) is 16.8 Å². The average molecular weight is 251 g/mol. The van der Waals surface area contributed by atoms with Crippen molar-refractivity contribution in [1.82, 2.24) is 5.32 Å². The Morgan fingerprint density at radius 3 is 2.50 bits per heavy atom. The zero-order chi connectivity index (χ0) is 12.6. The number of sulfonamides is 1. The predicted octanol–water partition coefficient (Wildman–Crippen LogP) is -0.844. The quantitative estimate of drug-likeness (QED) is 0.521. The number of primary sulfonamides is 1. The standard InChI is InChI=1S/C9H21N3O3S/c1-8(4-5-10)2-3-9(13)12-6-7-16(11,14)15/h8H,2-7,10H2,1H3,(H,12,13)(H2,11,14,15). The third kappa shape index (κ3) is 9.88. The maximum atomic E-state index is 11.3. The molecule has 0 spiro atoms. The summed E-state index contributed by atoms with van der Waals surface area (Å²) in [6, 6.07) is 0. The van der Waals surface area contributed by atoms with Gasteiger partial charge < -0.3 is 11.1 Å². The molecule has 0 aliphatic carbocycles. The molecule has 0 radical (unpaired) electrons. The van der Waals surface area contributed by atoms with Crippen LogP contribution < -0.4 is 16.2 Å². The zero-order valence-corrected chi connectivity index (χ0v) is 10.4. The molecule has 7 heteroatoms. The molecule has 0 bridgehead atoms. The topological polar surface area (TPSA) is 115 Å². The van der Waals surface area contributed by atoms with Gasteiger partial charge in [0.15, 0.2) is 0 Å². The molecule has 0 saturated heterocycles. The summed E-state index contributed by atoms with van der Waals surface area (Å²) >= 11 is 0. The predicted molar refractivity (Wildman–Crippen MR) is 63.1 cm³/mol. The number of nitrogens with two attached hydrogens (primary N) is 2. The molecule has 5 N–H and O–H groups in total. The van der Waals surface area contributed by atoms with Gasteiger partial charge in [0.1, 0.15) is 0 Å². The summed E-state index contributed by atoms with van der Waals surface area (Å²) in [6.07, 6.45) is 2.05. The van der Waals surface area contributed by atoms with Gasteiger partial charge in [0.05, 0.1) is 5.75 Å². The molecule has 0 heterocycles. The molecule has 1 unspecified atom stereocenters. The fraction of sp³-hybridized carbons (Fsp3) is 0.889. The van der Waals surface area contributed by atoms with Crippen LogP contribution >= 0.6 is 0 Å². The SMILES string of the molecule is CC(CCN)CCC(=O)NCCS(N)(=O)=O. The fourth-order valence-corrected chi connectivity index (χ4v) is 1.61. The van der Waals surface area contributed by atoms with Gasteiger partial charge in [0.2, 0.25) is 15.9 Å². The highest BCUT2D eigenvalue weighted by atomic mass is 32.2. The van der Waals surface area contributed by atoms with Gasteiger partial charge in [-0.15, -0.1) is 0 Å². The lowest BCUT2D eigenvalue weighted by atomic mass is 10.0. The molecule has 0 aromatic heterocycles. The Morgan fingerprint density at radius 1 is 1.38 bits per heavy atom. The first kappa shape index (κ1) is 15.3. The lowest BCUT2D eigenvalue weighted by Crippen LogP contribution is -2.31. The summed E-state index contributed by atoms with van der Waals surface area (Å²) < 4.78 is 21.2. The van der Waals surface area contributed by atoms with Crippen LogP contribution in [0.15, 0.2) is 0 Å². The second kappa shape index (κ2) is 7.59. The summed E-state index contributed by atoms with van der Waals surface area (Å²) in [5.74, 6) is 0.0402. The number of amides is 1. The van der Waals surface area contributed by atoms with Gasteiger partial charge in [-0.2, -0.15) is 0 Å². The Morgan fingerprint density at radius 2 is 2.00 bits per heavy atom. The van der Waals surface area contributed by atoms with Crippen LogP contribution in [0.25, 0.3) is 0 Å². The van der Waals surface area contributed by atoms with Crippen molar-refractivity contribution in [3.8, 4) is 0 Å². The highest BCUT2D eigenvalue weighted by Gasteiger charge is 2.07. The van der Waals surface area contributed by atoms with Crippen molar-refractivity contribution in [1.29, 1.82) is 0 Å². The van der Waals surface area contributed by atoms with Crippen molar-refractivity contribution in [2.75, 3.05) is 18.8 Å². The summed E-state index contributed by atoms with van der Waals surface area (Å²) in [5, 5.41) is 7.30. The van der Waals surface area contributed by atoms with Gasteiger partial charge in [0.25, 0.3) is 0 Å². The van der Waals surface area contributed by atoms with E-state index in [1.54, 1.807) is 0 Å². The molecule has 1 amide bonds. The number of carbonyl (C=O) groups excluding carboxylic acids is 1. The molecular weight excluding hydrogens is 230 g/mol. The third-order valence-corrected chi connectivity index (χ3v) is 3.01. The number of rotatable bonds is 8. The normalized spacial score (nSPS) is 13.4. The summed E-state index contributed by atoms with van der Waals surface area (Å²) in [5.41, 5.74) is 5.38. The van der Waals surface area contributed by atoms with Gasteiger partial charge in [-0.3, -0.25) is 4.79 Å². The maximum absolute atomic E-state index is 11.3. The fourth-order valence-electron chi connectivity index (χ4n) is 1.23. The minimum absolute atomic E-state index is 0.0724. The first-order valence-electron chi connectivity index (χ1n) is 5.32. The Kier molecular flexibility index (Phi) is 7.27. The molecule has 16 heavy (non-hydrogen) atoms. The van der Waals surface area contributed by atoms with Crippen LogP contribution in [0.4, 0.5) is 0 Å². The van der Waals surface area contributed by atoms with E-state index in [1.165, 1.54) is 0 Å². The number of hydrogen-bond acceptors (Lipinski definition) is 4. The third-order valence-electron chi connectivity index (χ3n) is 2.23. The molecule has 1 atom stereocenters. The monoisotopic (exact) mass is 251 g/mol. The molecule has 0 aliphatic rings. The van der Waals surface area contributed by atoms with Crippen LogP contribution in [0.1, 0.15) is 26.2 Å². The number of nitrogens with one attached hydrogen (secondary N) is 1. The highest BCUT2D eigenvalue weighted by molar-refractivity contribution is 7.89. The smallest absolute Gasteiger partial charge is 0.220 e. The minimum Gasteiger partial charge on any atom is -0.355 e. The van der Waals surface area contributed by atoms with E-state index in [-0.39, 0.29) is 18.2 Å². The van der Waals surface area contributed by atoms with Gasteiger partial charge in [0, 0.05) is 13.0 Å². The van der Waals surface area contributed by atoms with E-state index in [0.717, 1.165) is 12.8 Å². The Hall–Kier alpha value is -0.660. The summed E-state index contributed by atoms with van der Waals surface area (Å²) in [4.78, 5) is 11.3. The van der Waals surface area contributed by atoms with E-state index in [0.29, 0.717) is 18.9 Å². The largest absolute Gasteiger partial charge is 0.355 e. The van der Waals surface area contributed by atoms with E-state index < -0.39 is 10.0 Å². The van der Waals surface area contributed by atoms with Crippen LogP contribution in [0.5, 0.6) is 0 Å². The summed E-state index contributed by atoms with van der Waals surface area (Å²) in [6.45, 7) is 2.72. The van der Waals surface area contributed by atoms with Gasteiger partial charge >= 0.3 is 0 Å². The number of hydrogen-bond donors (Lipinski definition) is 3. The van der Waals surface area contributed by atoms with Crippen LogP contribution in [0.3, 0.4) is 0 Å². The average Bonchev–Trinajstić information content (AvgIpc) is 2.13. The van der Waals surface area contributed by atoms with Crippen molar-refractivity contribution in [3.63, 3.8) is 0 Å². The summed E-state index contributed by atoms with van der Waals surface area (Å²) in [7, 11) is -3.49. The van der Waals surface area contributed by atoms with Gasteiger partial charge in [-0.25, -0.2) is 13.6 Å². The van der Waals surface area contributed by atoms with Crippen molar-refractivity contribution in [3.05, 3.63) is 0 Å². The second-order valence-electron chi connectivity index (χ2n) is 3.94. The van der Waals surface area contributed by atoms with Crippen molar-refractivity contribution in [2.45, 2.75) is 26.2 Å². The van der Waals surface area contributed by atoms with Crippen LogP contribution in [0.2, 0.25) is 0 Å². The van der Waals surface area contributed by atoms with Crippen molar-refractivity contribution >= 4 is 15.9 Å². The molecular formula is C9H21N3O3S. The van der Waals surface area contributed by atoms with Crippen LogP contribution in [0, 0.1) is 5.92 Å². The maximum Gasteiger partial charge on any atom is 0.220 e. The van der Waals surface area contributed by atoms with E-state index in [1.807, 2.05) is 6.92 Å². The molecule has 0 fully saturated rings. The van der Waals surface area contributed by atoms with E-state index in [9.17, 15) is 13.2 Å². The zero-order valence-electron chi connectivity index (χ0n) is 9.61. The molecule has 0 aromatic carbocycles. The highest BCUT2D eigenvalue weighted by Crippen LogP contribution is 2.08. The minimum atomic E-state index is -3.49.